The molecular formula is C40H45N17O2. The second-order valence-corrected chi connectivity index (χ2v) is 14.5. The average Bonchev–Trinajstić information content (AvgIpc) is 4.14. The van der Waals surface area contributed by atoms with Gasteiger partial charge in [0.05, 0.1) is 56.0 Å². The van der Waals surface area contributed by atoms with Crippen molar-refractivity contribution in [2.45, 2.75) is 26.5 Å². The Bertz CT molecular complexity index is 2590. The van der Waals surface area contributed by atoms with Gasteiger partial charge in [0.2, 0.25) is 0 Å². The molecule has 0 unspecified atom stereocenters. The molecule has 0 radical (unpaired) electrons. The third-order valence-corrected chi connectivity index (χ3v) is 10.6. The maximum Gasteiger partial charge on any atom is 0.199 e. The van der Waals surface area contributed by atoms with Gasteiger partial charge >= 0.3 is 0 Å². The van der Waals surface area contributed by atoms with Crippen molar-refractivity contribution in [1.82, 2.24) is 64.5 Å². The van der Waals surface area contributed by atoms with Crippen LogP contribution >= 0.6 is 0 Å². The molecule has 0 spiro atoms. The summed E-state index contributed by atoms with van der Waals surface area (Å²) in [6, 6.07) is 15.0. The summed E-state index contributed by atoms with van der Waals surface area (Å²) in [5.41, 5.74) is 9.58. The summed E-state index contributed by atoms with van der Waals surface area (Å²) in [4.78, 5) is 25.0. The molecule has 2 aliphatic heterocycles. The second-order valence-electron chi connectivity index (χ2n) is 14.5. The van der Waals surface area contributed by atoms with Crippen LogP contribution in [0.3, 0.4) is 0 Å². The minimum atomic E-state index is -0.0462. The number of nitrogens with zero attached hydrogens (tertiary/aromatic N) is 13. The Labute approximate surface area is 339 Å². The lowest BCUT2D eigenvalue weighted by molar-refractivity contribution is 0.122. The molecular weight excluding hydrogens is 751 g/mol. The molecule has 0 bridgehead atoms. The Hall–Kier alpha value is -6.96. The number of nitrogens with one attached hydrogen (secondary N) is 4. The highest BCUT2D eigenvalue weighted by atomic mass is 16.5. The lowest BCUT2D eigenvalue weighted by atomic mass is 10.1. The van der Waals surface area contributed by atoms with Crippen LogP contribution in [0.1, 0.15) is 19.4 Å². The summed E-state index contributed by atoms with van der Waals surface area (Å²) in [7, 11) is 0. The number of anilines is 6. The Kier molecular flexibility index (Phi) is 10.8. The summed E-state index contributed by atoms with van der Waals surface area (Å²) >= 11 is 0. The molecule has 0 aliphatic carbocycles. The van der Waals surface area contributed by atoms with Crippen LogP contribution in [0.4, 0.5) is 34.4 Å². The fourth-order valence-electron chi connectivity index (χ4n) is 7.41. The minimum absolute atomic E-state index is 0.0462. The molecule has 2 aromatic carbocycles. The Balaban J connectivity index is 0.000000152. The smallest absolute Gasteiger partial charge is 0.199 e. The van der Waals surface area contributed by atoms with Crippen molar-refractivity contribution in [3.05, 3.63) is 97.9 Å². The standard InChI is InChI=1S/C21H25N9.C19H20N8O2/c1-15(2)28-7-9-29(10-8-28)18-5-3-17(4-6-18)27-20-21-23-14-26-30(21)19(13-22-20)16-11-24-25-12-16;28-11-13-7-15(1-2-16(13)26-3-5-29-6-4-26)25-18-19-21-12-24-27(19)17(10-20-18)14-8-22-23-9-14/h3-6,11-15H,7-10H2,1-2H3,(H,22,27)(H,24,25);1-2,7-10,12,28H,3-6,11H2,(H,20,25)(H,22,23). The first-order chi connectivity index (χ1) is 29.0. The molecule has 2 fully saturated rings. The monoisotopic (exact) mass is 795 g/mol. The van der Waals surface area contributed by atoms with E-state index in [2.05, 4.69) is 114 Å². The van der Waals surface area contributed by atoms with Crippen molar-refractivity contribution in [2.24, 2.45) is 0 Å². The maximum atomic E-state index is 9.88. The van der Waals surface area contributed by atoms with Crippen LogP contribution in [0, 0.1) is 0 Å². The van der Waals surface area contributed by atoms with E-state index in [1.54, 1.807) is 40.0 Å². The zero-order valence-corrected chi connectivity index (χ0v) is 32.8. The van der Waals surface area contributed by atoms with E-state index in [4.69, 9.17) is 4.74 Å². The molecule has 0 saturated carbocycles. The summed E-state index contributed by atoms with van der Waals surface area (Å²) in [6.07, 6.45) is 13.6. The number of rotatable bonds is 10. The first-order valence-corrected chi connectivity index (χ1v) is 19.6. The number of morpholine rings is 1. The fraction of sp³-hybridized carbons (Fsp3) is 0.300. The van der Waals surface area contributed by atoms with Gasteiger partial charge in [0.1, 0.15) is 12.7 Å². The third-order valence-electron chi connectivity index (χ3n) is 10.6. The van der Waals surface area contributed by atoms with Gasteiger partial charge < -0.3 is 30.3 Å². The van der Waals surface area contributed by atoms with Crippen molar-refractivity contribution >= 4 is 45.7 Å². The number of H-pyrrole nitrogens is 2. The van der Waals surface area contributed by atoms with E-state index in [1.165, 1.54) is 18.3 Å². The number of aliphatic hydroxyl groups excluding tert-OH is 1. The lowest BCUT2D eigenvalue weighted by Gasteiger charge is -2.38. The van der Waals surface area contributed by atoms with Gasteiger partial charge in [-0.2, -0.15) is 20.4 Å². The van der Waals surface area contributed by atoms with Crippen LogP contribution < -0.4 is 20.4 Å². The fourth-order valence-corrected chi connectivity index (χ4v) is 7.41. The zero-order chi connectivity index (χ0) is 40.1. The van der Waals surface area contributed by atoms with E-state index in [1.807, 2.05) is 24.4 Å². The Morgan fingerprint density at radius 3 is 1.80 bits per heavy atom. The summed E-state index contributed by atoms with van der Waals surface area (Å²) < 4.78 is 8.91. The second kappa shape index (κ2) is 16.9. The molecule has 0 atom stereocenters. The van der Waals surface area contributed by atoms with Gasteiger partial charge in [0, 0.05) is 97.1 Å². The number of aromatic amines is 2. The topological polar surface area (TPSA) is 207 Å². The first kappa shape index (κ1) is 37.6. The van der Waals surface area contributed by atoms with E-state index in [0.717, 1.165) is 84.4 Å². The summed E-state index contributed by atoms with van der Waals surface area (Å²) in [5.74, 6) is 1.25. The number of aliphatic hydroxyl groups is 1. The molecule has 8 aromatic rings. The Morgan fingerprint density at radius 2 is 1.25 bits per heavy atom. The van der Waals surface area contributed by atoms with Gasteiger partial charge in [-0.3, -0.25) is 15.1 Å². The molecule has 10 rings (SSSR count). The van der Waals surface area contributed by atoms with Crippen LogP contribution in [-0.2, 0) is 11.3 Å². The number of ether oxygens (including phenoxy) is 1. The Morgan fingerprint density at radius 1 is 0.678 bits per heavy atom. The minimum Gasteiger partial charge on any atom is -0.392 e. The zero-order valence-electron chi connectivity index (χ0n) is 32.8. The van der Waals surface area contributed by atoms with Gasteiger partial charge in [0.25, 0.3) is 0 Å². The molecule has 19 nitrogen and oxygen atoms in total. The van der Waals surface area contributed by atoms with Gasteiger partial charge in [-0.05, 0) is 56.3 Å². The van der Waals surface area contributed by atoms with Crippen molar-refractivity contribution in [2.75, 3.05) is 72.9 Å². The number of fused-ring (bicyclic) bond motifs is 2. The quantitative estimate of drug-likeness (QED) is 0.130. The molecule has 2 saturated heterocycles. The number of hydrogen-bond acceptors (Lipinski definition) is 15. The van der Waals surface area contributed by atoms with Gasteiger partial charge in [-0.1, -0.05) is 0 Å². The SMILES string of the molecule is CC(C)N1CCN(c2ccc(Nc3ncc(-c4cn[nH]c4)n4ncnc34)cc2)CC1.OCc1cc(Nc2ncc(-c3cn[nH]c3)n3ncnc23)ccc1N1CCOCC1. The van der Waals surface area contributed by atoms with Crippen LogP contribution in [0.25, 0.3) is 33.8 Å². The molecule has 59 heavy (non-hydrogen) atoms. The van der Waals surface area contributed by atoms with Gasteiger partial charge in [0.15, 0.2) is 22.9 Å². The molecule has 2 aliphatic rings. The van der Waals surface area contributed by atoms with Crippen molar-refractivity contribution < 1.29 is 9.84 Å². The first-order valence-electron chi connectivity index (χ1n) is 19.6. The third kappa shape index (κ3) is 7.98. The highest BCUT2D eigenvalue weighted by Crippen LogP contribution is 2.30. The van der Waals surface area contributed by atoms with Crippen LogP contribution in [0.15, 0.2) is 92.3 Å². The van der Waals surface area contributed by atoms with Crippen LogP contribution in [0.2, 0.25) is 0 Å². The molecule has 19 heteroatoms. The number of aromatic nitrogens is 12. The van der Waals surface area contributed by atoms with E-state index in [-0.39, 0.29) is 6.61 Å². The molecule has 302 valence electrons. The molecule has 0 amide bonds. The van der Waals surface area contributed by atoms with Crippen LogP contribution in [0.5, 0.6) is 0 Å². The van der Waals surface area contributed by atoms with Crippen molar-refractivity contribution in [3.8, 4) is 22.5 Å². The van der Waals surface area contributed by atoms with E-state index < -0.39 is 0 Å². The average molecular weight is 796 g/mol. The predicted octanol–water partition coefficient (Wildman–Crippen LogP) is 4.38. The van der Waals surface area contributed by atoms with E-state index in [0.29, 0.717) is 42.2 Å². The van der Waals surface area contributed by atoms with E-state index in [9.17, 15) is 5.11 Å². The van der Waals surface area contributed by atoms with Gasteiger partial charge in [-0.25, -0.2) is 29.0 Å². The van der Waals surface area contributed by atoms with Crippen LogP contribution in [-0.4, -0.2) is 128 Å². The molecule has 5 N–H and O–H groups in total. The highest BCUT2D eigenvalue weighted by molar-refractivity contribution is 5.75. The number of hydrogen-bond donors (Lipinski definition) is 5. The van der Waals surface area contributed by atoms with Crippen molar-refractivity contribution in [1.29, 1.82) is 0 Å². The summed E-state index contributed by atoms with van der Waals surface area (Å²) in [5, 5.41) is 38.8. The molecule has 8 heterocycles. The molecule has 6 aromatic heterocycles. The van der Waals surface area contributed by atoms with Gasteiger partial charge in [-0.15, -0.1) is 0 Å². The van der Waals surface area contributed by atoms with Crippen molar-refractivity contribution in [3.63, 3.8) is 0 Å². The highest BCUT2D eigenvalue weighted by Gasteiger charge is 2.20. The predicted molar refractivity (Wildman–Crippen MR) is 224 cm³/mol. The van der Waals surface area contributed by atoms with E-state index >= 15 is 0 Å². The summed E-state index contributed by atoms with van der Waals surface area (Å²) in [6.45, 7) is 11.8. The maximum absolute atomic E-state index is 9.88. The number of piperazine rings is 1. The largest absolute Gasteiger partial charge is 0.392 e. The normalized spacial score (nSPS) is 14.8. The number of benzene rings is 2. The lowest BCUT2D eigenvalue weighted by Crippen LogP contribution is -2.48.